The third-order valence-electron chi connectivity index (χ3n) is 2.76. The van der Waals surface area contributed by atoms with E-state index in [2.05, 4.69) is 27.6 Å². The van der Waals surface area contributed by atoms with Crippen LogP contribution < -0.4 is 0 Å². The highest BCUT2D eigenvalue weighted by atomic mass is 127. The molecule has 0 bridgehead atoms. The van der Waals surface area contributed by atoms with Crippen molar-refractivity contribution in [3.8, 4) is 0 Å². The van der Waals surface area contributed by atoms with E-state index in [1.54, 1.807) is 11.9 Å². The maximum absolute atomic E-state index is 12.3. The zero-order valence-electron chi connectivity index (χ0n) is 10.9. The molecule has 0 unspecified atom stereocenters. The first-order valence-corrected chi connectivity index (χ1v) is 7.08. The van der Waals surface area contributed by atoms with Gasteiger partial charge in [0.05, 0.1) is 12.2 Å². The Kier molecular flexibility index (Phi) is 4.52. The summed E-state index contributed by atoms with van der Waals surface area (Å²) >= 11 is 2.21. The van der Waals surface area contributed by atoms with Crippen molar-refractivity contribution < 1.29 is 4.79 Å². The summed E-state index contributed by atoms with van der Waals surface area (Å²) in [6.45, 7) is 2.47. The largest absolute Gasteiger partial charge is 0.336 e. The van der Waals surface area contributed by atoms with Crippen molar-refractivity contribution in [3.05, 3.63) is 63.0 Å². The van der Waals surface area contributed by atoms with Gasteiger partial charge in [0.2, 0.25) is 0 Å². The average Bonchev–Trinajstić information content (AvgIpc) is 2.38. The van der Waals surface area contributed by atoms with Crippen LogP contribution in [0.15, 0.2) is 42.5 Å². The predicted octanol–water partition coefficient (Wildman–Crippen LogP) is 3.27. The second-order valence-corrected chi connectivity index (χ2v) is 5.69. The van der Waals surface area contributed by atoms with Crippen molar-refractivity contribution in [2.24, 2.45) is 0 Å². The van der Waals surface area contributed by atoms with Crippen LogP contribution in [0.2, 0.25) is 0 Å². The summed E-state index contributed by atoms with van der Waals surface area (Å²) in [5.41, 5.74) is 2.58. The smallest absolute Gasteiger partial charge is 0.253 e. The van der Waals surface area contributed by atoms with Gasteiger partial charge in [0, 0.05) is 21.9 Å². The lowest BCUT2D eigenvalue weighted by Crippen LogP contribution is -2.26. The number of halogens is 1. The molecule has 1 aromatic heterocycles. The van der Waals surface area contributed by atoms with E-state index >= 15 is 0 Å². The molecule has 0 saturated carbocycles. The van der Waals surface area contributed by atoms with E-state index in [9.17, 15) is 4.79 Å². The highest BCUT2D eigenvalue weighted by Gasteiger charge is 2.12. The minimum Gasteiger partial charge on any atom is -0.336 e. The SMILES string of the molecule is Cc1cccc(CN(C)C(=O)c2cccc(I)c2)n1. The molecule has 4 heteroatoms. The standard InChI is InChI=1S/C15H15IN2O/c1-11-5-3-8-14(17-11)10-18(2)15(19)12-6-4-7-13(16)9-12/h3-9H,10H2,1-2H3. The number of carbonyl (C=O) groups is 1. The number of hydrogen-bond acceptors (Lipinski definition) is 2. The lowest BCUT2D eigenvalue weighted by atomic mass is 10.2. The highest BCUT2D eigenvalue weighted by Crippen LogP contribution is 2.11. The zero-order valence-corrected chi connectivity index (χ0v) is 13.1. The molecule has 0 spiro atoms. The summed E-state index contributed by atoms with van der Waals surface area (Å²) in [6, 6.07) is 13.4. The van der Waals surface area contributed by atoms with Gasteiger partial charge in [-0.2, -0.15) is 0 Å². The van der Waals surface area contributed by atoms with Crippen molar-refractivity contribution in [1.29, 1.82) is 0 Å². The highest BCUT2D eigenvalue weighted by molar-refractivity contribution is 14.1. The Hall–Kier alpha value is -1.43. The van der Waals surface area contributed by atoms with E-state index in [0.717, 1.165) is 15.0 Å². The number of pyridine rings is 1. The van der Waals surface area contributed by atoms with Gasteiger partial charge in [-0.25, -0.2) is 0 Å². The number of amides is 1. The van der Waals surface area contributed by atoms with Crippen LogP contribution in [0.25, 0.3) is 0 Å². The van der Waals surface area contributed by atoms with Crippen LogP contribution in [0.1, 0.15) is 21.7 Å². The van der Waals surface area contributed by atoms with Crippen molar-refractivity contribution in [2.45, 2.75) is 13.5 Å². The number of hydrogen-bond donors (Lipinski definition) is 0. The molecule has 1 aromatic carbocycles. The van der Waals surface area contributed by atoms with Crippen LogP contribution in [0.5, 0.6) is 0 Å². The fourth-order valence-electron chi connectivity index (χ4n) is 1.84. The fourth-order valence-corrected chi connectivity index (χ4v) is 2.39. The molecule has 0 aliphatic carbocycles. The molecular formula is C15H15IN2O. The first-order chi connectivity index (χ1) is 9.06. The van der Waals surface area contributed by atoms with E-state index in [1.165, 1.54) is 0 Å². The van der Waals surface area contributed by atoms with Crippen molar-refractivity contribution in [3.63, 3.8) is 0 Å². The summed E-state index contributed by atoms with van der Waals surface area (Å²) in [5, 5.41) is 0. The Morgan fingerprint density at radius 3 is 2.68 bits per heavy atom. The van der Waals surface area contributed by atoms with Gasteiger partial charge in [0.25, 0.3) is 5.91 Å². The molecule has 1 amide bonds. The number of nitrogens with zero attached hydrogens (tertiary/aromatic N) is 2. The first-order valence-electron chi connectivity index (χ1n) is 6.00. The fraction of sp³-hybridized carbons (Fsp3) is 0.200. The second-order valence-electron chi connectivity index (χ2n) is 4.44. The van der Waals surface area contributed by atoms with Crippen LogP contribution in [-0.4, -0.2) is 22.8 Å². The maximum Gasteiger partial charge on any atom is 0.253 e. The maximum atomic E-state index is 12.3. The average molecular weight is 366 g/mol. The summed E-state index contributed by atoms with van der Waals surface area (Å²) in [4.78, 5) is 18.4. The van der Waals surface area contributed by atoms with Gasteiger partial charge in [0.15, 0.2) is 0 Å². The summed E-state index contributed by atoms with van der Waals surface area (Å²) in [7, 11) is 1.80. The second kappa shape index (κ2) is 6.14. The molecule has 98 valence electrons. The Bertz CT molecular complexity index is 598. The van der Waals surface area contributed by atoms with Crippen molar-refractivity contribution in [2.75, 3.05) is 7.05 Å². The normalized spacial score (nSPS) is 10.3. The van der Waals surface area contributed by atoms with Crippen LogP contribution in [0.3, 0.4) is 0 Å². The summed E-state index contributed by atoms with van der Waals surface area (Å²) in [5.74, 6) is 0.0156. The minimum atomic E-state index is 0.0156. The number of carbonyl (C=O) groups excluding carboxylic acids is 1. The van der Waals surface area contributed by atoms with Gasteiger partial charge in [-0.05, 0) is 59.8 Å². The predicted molar refractivity (Wildman–Crippen MR) is 83.9 cm³/mol. The van der Waals surface area contributed by atoms with Gasteiger partial charge in [-0.15, -0.1) is 0 Å². The van der Waals surface area contributed by atoms with Gasteiger partial charge in [-0.1, -0.05) is 12.1 Å². The number of benzene rings is 1. The number of aromatic nitrogens is 1. The van der Waals surface area contributed by atoms with E-state index in [1.807, 2.05) is 49.4 Å². The van der Waals surface area contributed by atoms with E-state index in [4.69, 9.17) is 0 Å². The van der Waals surface area contributed by atoms with Crippen LogP contribution in [0.4, 0.5) is 0 Å². The van der Waals surface area contributed by atoms with Crippen molar-refractivity contribution in [1.82, 2.24) is 9.88 Å². The summed E-state index contributed by atoms with van der Waals surface area (Å²) < 4.78 is 1.06. The molecule has 0 saturated heterocycles. The third-order valence-corrected chi connectivity index (χ3v) is 3.43. The van der Waals surface area contributed by atoms with Crippen LogP contribution in [-0.2, 0) is 6.54 Å². The molecule has 1 heterocycles. The van der Waals surface area contributed by atoms with Crippen molar-refractivity contribution >= 4 is 28.5 Å². The molecule has 0 N–H and O–H groups in total. The topological polar surface area (TPSA) is 33.2 Å². The van der Waals surface area contributed by atoms with E-state index < -0.39 is 0 Å². The third kappa shape index (κ3) is 3.76. The molecule has 0 aliphatic rings. The summed E-state index contributed by atoms with van der Waals surface area (Å²) in [6.07, 6.45) is 0. The van der Waals surface area contributed by atoms with Gasteiger partial charge in [0.1, 0.15) is 0 Å². The zero-order chi connectivity index (χ0) is 13.8. The molecule has 0 fully saturated rings. The molecule has 2 rings (SSSR count). The monoisotopic (exact) mass is 366 g/mol. The minimum absolute atomic E-state index is 0.0156. The molecule has 19 heavy (non-hydrogen) atoms. The van der Waals surface area contributed by atoms with E-state index in [0.29, 0.717) is 12.1 Å². The quantitative estimate of drug-likeness (QED) is 0.782. The lowest BCUT2D eigenvalue weighted by molar-refractivity contribution is 0.0783. The van der Waals surface area contributed by atoms with E-state index in [-0.39, 0.29) is 5.91 Å². The molecular weight excluding hydrogens is 351 g/mol. The number of aryl methyl sites for hydroxylation is 1. The molecule has 0 aliphatic heterocycles. The van der Waals surface area contributed by atoms with Crippen LogP contribution in [0, 0.1) is 10.5 Å². The van der Waals surface area contributed by atoms with Gasteiger partial charge < -0.3 is 4.90 Å². The molecule has 0 atom stereocenters. The van der Waals surface area contributed by atoms with Gasteiger partial charge in [-0.3, -0.25) is 9.78 Å². The Labute approximate surface area is 126 Å². The first kappa shape index (κ1) is 14.0. The Morgan fingerprint density at radius 2 is 2.00 bits per heavy atom. The lowest BCUT2D eigenvalue weighted by Gasteiger charge is -2.17. The Balaban J connectivity index is 2.12. The Morgan fingerprint density at radius 1 is 1.26 bits per heavy atom. The molecule has 3 nitrogen and oxygen atoms in total. The van der Waals surface area contributed by atoms with Crippen LogP contribution >= 0.6 is 22.6 Å². The molecule has 2 aromatic rings. The molecule has 0 radical (unpaired) electrons. The number of rotatable bonds is 3. The van der Waals surface area contributed by atoms with Gasteiger partial charge >= 0.3 is 0 Å².